The molecule has 8 heteroatoms. The van der Waals surface area contributed by atoms with E-state index in [1.165, 1.54) is 6.20 Å². The summed E-state index contributed by atoms with van der Waals surface area (Å²) in [5.41, 5.74) is 4.86. The molecule has 0 saturated carbocycles. The van der Waals surface area contributed by atoms with Gasteiger partial charge in [0.05, 0.1) is 11.6 Å². The number of aromatic amines is 1. The summed E-state index contributed by atoms with van der Waals surface area (Å²) in [6.45, 7) is 0.411. The topological polar surface area (TPSA) is 83.8 Å². The number of nitrogens with two attached hydrogens (primary N) is 1. The summed E-state index contributed by atoms with van der Waals surface area (Å²) in [5, 5.41) is 2.87. The molecule has 1 aliphatic rings. The van der Waals surface area contributed by atoms with Crippen molar-refractivity contribution in [3.63, 3.8) is 0 Å². The highest BCUT2D eigenvalue weighted by Crippen LogP contribution is 2.36. The Labute approximate surface area is 102 Å². The van der Waals surface area contributed by atoms with E-state index < -0.39 is 17.4 Å². The van der Waals surface area contributed by atoms with Crippen molar-refractivity contribution in [3.8, 4) is 0 Å². The zero-order chi connectivity index (χ0) is 11.8. The molecule has 1 aromatic rings. The van der Waals surface area contributed by atoms with E-state index in [0.29, 0.717) is 0 Å². The van der Waals surface area contributed by atoms with Crippen molar-refractivity contribution in [2.75, 3.05) is 18.8 Å². The van der Waals surface area contributed by atoms with Crippen LogP contribution in [0.25, 0.3) is 0 Å². The summed E-state index contributed by atoms with van der Waals surface area (Å²) in [7, 11) is 0. The van der Waals surface area contributed by atoms with Gasteiger partial charge in [-0.1, -0.05) is 0 Å². The quantitative estimate of drug-likeness (QED) is 0.691. The Balaban J connectivity index is 0.00000144. The number of nitrogens with one attached hydrogen (secondary N) is 2. The number of hydrogen-bond acceptors (Lipinski definition) is 4. The highest BCUT2D eigenvalue weighted by Gasteiger charge is 2.43. The summed E-state index contributed by atoms with van der Waals surface area (Å²) in [6.07, 6.45) is 0.961. The van der Waals surface area contributed by atoms with Crippen molar-refractivity contribution in [1.82, 2.24) is 15.3 Å². The first-order valence-electron chi connectivity index (χ1n) is 4.94. The molecule has 4 N–H and O–H groups in total. The van der Waals surface area contributed by atoms with Crippen molar-refractivity contribution in [1.29, 1.82) is 0 Å². The molecule has 2 heterocycles. The van der Waals surface area contributed by atoms with Crippen LogP contribution in [0.3, 0.4) is 0 Å². The van der Waals surface area contributed by atoms with Gasteiger partial charge in [-0.15, -0.1) is 12.4 Å². The summed E-state index contributed by atoms with van der Waals surface area (Å²) >= 11 is 0. The Morgan fingerprint density at radius 1 is 1.53 bits per heavy atom. The smallest absolute Gasteiger partial charge is 0.290 e. The molecule has 1 saturated heterocycles. The van der Waals surface area contributed by atoms with E-state index in [4.69, 9.17) is 5.73 Å². The highest BCUT2D eigenvalue weighted by molar-refractivity contribution is 5.85. The number of piperidine rings is 1. The molecule has 0 aromatic carbocycles. The molecule has 96 valence electrons. The largest absolute Gasteiger partial charge is 0.379 e. The minimum Gasteiger partial charge on any atom is -0.379 e. The summed E-state index contributed by atoms with van der Waals surface area (Å²) in [6, 6.07) is 0. The van der Waals surface area contributed by atoms with Gasteiger partial charge in [0, 0.05) is 25.7 Å². The Morgan fingerprint density at radius 3 is 2.82 bits per heavy atom. The molecule has 1 unspecified atom stereocenters. The van der Waals surface area contributed by atoms with Crippen LogP contribution in [0.2, 0.25) is 0 Å². The number of alkyl halides is 2. The first-order valence-corrected chi connectivity index (χ1v) is 4.94. The van der Waals surface area contributed by atoms with Crippen LogP contribution >= 0.6 is 12.4 Å². The van der Waals surface area contributed by atoms with E-state index in [9.17, 15) is 13.6 Å². The van der Waals surface area contributed by atoms with Crippen molar-refractivity contribution in [2.24, 2.45) is 0 Å². The molecule has 1 aromatic heterocycles. The van der Waals surface area contributed by atoms with Gasteiger partial charge in [0.1, 0.15) is 0 Å². The van der Waals surface area contributed by atoms with Gasteiger partial charge in [0.2, 0.25) is 0 Å². The SMILES string of the molecule is Cl.Nc1nc(C2CNCCC2(F)F)c[nH]c1=O. The summed E-state index contributed by atoms with van der Waals surface area (Å²) in [5.74, 6) is -4.14. The lowest BCUT2D eigenvalue weighted by molar-refractivity contribution is -0.0491. The molecule has 1 fully saturated rings. The molecule has 0 amide bonds. The first-order chi connectivity index (χ1) is 7.50. The average molecular weight is 267 g/mol. The van der Waals surface area contributed by atoms with Crippen molar-refractivity contribution >= 4 is 18.2 Å². The van der Waals surface area contributed by atoms with Gasteiger partial charge in [-0.3, -0.25) is 4.79 Å². The number of aromatic nitrogens is 2. The van der Waals surface area contributed by atoms with Gasteiger partial charge < -0.3 is 16.0 Å². The lowest BCUT2D eigenvalue weighted by atomic mass is 9.92. The molecule has 1 aliphatic heterocycles. The van der Waals surface area contributed by atoms with Gasteiger partial charge >= 0.3 is 0 Å². The van der Waals surface area contributed by atoms with Gasteiger partial charge in [0.15, 0.2) is 5.82 Å². The van der Waals surface area contributed by atoms with E-state index in [-0.39, 0.29) is 43.4 Å². The van der Waals surface area contributed by atoms with E-state index in [1.807, 2.05) is 0 Å². The van der Waals surface area contributed by atoms with Crippen LogP contribution in [0, 0.1) is 0 Å². The third-order valence-electron chi connectivity index (χ3n) is 2.68. The van der Waals surface area contributed by atoms with Crippen LogP contribution in [0.15, 0.2) is 11.0 Å². The maximum absolute atomic E-state index is 13.6. The number of anilines is 1. The second-order valence-electron chi connectivity index (χ2n) is 3.81. The number of H-pyrrole nitrogens is 1. The molecule has 0 aliphatic carbocycles. The molecule has 1 atom stereocenters. The average Bonchev–Trinajstić information content (AvgIpc) is 2.22. The first kappa shape index (κ1) is 13.9. The van der Waals surface area contributed by atoms with Crippen LogP contribution in [-0.4, -0.2) is 29.0 Å². The van der Waals surface area contributed by atoms with Gasteiger partial charge in [-0.2, -0.15) is 0 Å². The van der Waals surface area contributed by atoms with E-state index in [2.05, 4.69) is 15.3 Å². The second kappa shape index (κ2) is 4.97. The zero-order valence-corrected chi connectivity index (χ0v) is 9.69. The second-order valence-corrected chi connectivity index (χ2v) is 3.81. The minimum atomic E-state index is -2.82. The third kappa shape index (κ3) is 2.73. The monoisotopic (exact) mass is 266 g/mol. The lowest BCUT2D eigenvalue weighted by Crippen LogP contribution is -2.43. The predicted molar refractivity (Wildman–Crippen MR) is 61.7 cm³/mol. The molecule has 2 rings (SSSR count). The molecule has 0 radical (unpaired) electrons. The third-order valence-corrected chi connectivity index (χ3v) is 2.68. The normalized spacial score (nSPS) is 22.8. The fourth-order valence-electron chi connectivity index (χ4n) is 1.76. The Morgan fingerprint density at radius 2 is 2.24 bits per heavy atom. The summed E-state index contributed by atoms with van der Waals surface area (Å²) < 4.78 is 27.1. The Kier molecular flexibility index (Phi) is 4.05. The van der Waals surface area contributed by atoms with Crippen LogP contribution in [-0.2, 0) is 0 Å². The molecular weight excluding hydrogens is 254 g/mol. The van der Waals surface area contributed by atoms with Crippen LogP contribution < -0.4 is 16.6 Å². The Hall–Kier alpha value is -1.21. The van der Waals surface area contributed by atoms with Crippen molar-refractivity contribution < 1.29 is 8.78 Å². The van der Waals surface area contributed by atoms with Crippen LogP contribution in [0.1, 0.15) is 18.0 Å². The predicted octanol–water partition coefficient (Wildman–Crippen LogP) is 0.486. The number of hydrogen-bond donors (Lipinski definition) is 3. The van der Waals surface area contributed by atoms with Crippen molar-refractivity contribution in [3.05, 3.63) is 22.2 Å². The van der Waals surface area contributed by atoms with E-state index in [0.717, 1.165) is 0 Å². The van der Waals surface area contributed by atoms with E-state index in [1.54, 1.807) is 0 Å². The van der Waals surface area contributed by atoms with Gasteiger partial charge in [-0.25, -0.2) is 13.8 Å². The molecule has 0 spiro atoms. The lowest BCUT2D eigenvalue weighted by Gasteiger charge is -2.31. The van der Waals surface area contributed by atoms with Crippen LogP contribution in [0.5, 0.6) is 0 Å². The number of halogens is 3. The zero-order valence-electron chi connectivity index (χ0n) is 8.87. The van der Waals surface area contributed by atoms with E-state index >= 15 is 0 Å². The van der Waals surface area contributed by atoms with Crippen molar-refractivity contribution in [2.45, 2.75) is 18.3 Å². The molecule has 0 bridgehead atoms. The standard InChI is InChI=1S/C9H12F2N4O.ClH/c10-9(11)1-2-13-3-5(9)6-4-14-8(16)7(12)15-6;/h4-5,13H,1-3H2,(H2,12,15)(H,14,16);1H. The minimum absolute atomic E-state index is 0. The number of nitrogens with zero attached hydrogens (tertiary/aromatic N) is 1. The maximum atomic E-state index is 13.6. The highest BCUT2D eigenvalue weighted by atomic mass is 35.5. The van der Waals surface area contributed by atoms with Gasteiger partial charge in [-0.05, 0) is 0 Å². The maximum Gasteiger partial charge on any atom is 0.290 e. The fourth-order valence-corrected chi connectivity index (χ4v) is 1.76. The molecule has 5 nitrogen and oxygen atoms in total. The Bertz CT molecular complexity index is 451. The van der Waals surface area contributed by atoms with Crippen LogP contribution in [0.4, 0.5) is 14.6 Å². The fraction of sp³-hybridized carbons (Fsp3) is 0.556. The number of rotatable bonds is 1. The molecular formula is C9H13ClF2N4O. The summed E-state index contributed by atoms with van der Waals surface area (Å²) in [4.78, 5) is 17.0. The number of nitrogen functional groups attached to an aromatic ring is 1. The van der Waals surface area contributed by atoms with Gasteiger partial charge in [0.25, 0.3) is 11.5 Å². The molecule has 17 heavy (non-hydrogen) atoms.